The van der Waals surface area contributed by atoms with Gasteiger partial charge in [-0.25, -0.2) is 0 Å². The van der Waals surface area contributed by atoms with Gasteiger partial charge in [-0.1, -0.05) is 34.8 Å². The van der Waals surface area contributed by atoms with Crippen LogP contribution in [0.4, 0.5) is 0 Å². The first-order valence-corrected chi connectivity index (χ1v) is 7.68. The van der Waals surface area contributed by atoms with Crippen LogP contribution in [0.25, 0.3) is 0 Å². The van der Waals surface area contributed by atoms with E-state index in [-0.39, 0.29) is 0 Å². The molecule has 2 nitrogen and oxygen atoms in total. The average molecular weight is 322 g/mol. The third-order valence-corrected chi connectivity index (χ3v) is 5.11. The van der Waals surface area contributed by atoms with Crippen molar-refractivity contribution < 1.29 is 0 Å². The smallest absolute Gasteiger partial charge is 0.0652 e. The number of likely N-dealkylation sites (tertiary alicyclic amines) is 1. The van der Waals surface area contributed by atoms with Crippen LogP contribution in [0.3, 0.4) is 0 Å². The molecular formula is C14H19Cl3N2. The molecule has 1 heterocycles. The van der Waals surface area contributed by atoms with Crippen LogP contribution in [0.1, 0.15) is 25.3 Å². The van der Waals surface area contributed by atoms with Gasteiger partial charge in [-0.05, 0) is 45.5 Å². The summed E-state index contributed by atoms with van der Waals surface area (Å²) in [5.74, 6) is 0. The Balaban J connectivity index is 1.98. The largest absolute Gasteiger partial charge is 0.310 e. The number of benzene rings is 1. The van der Waals surface area contributed by atoms with Crippen LogP contribution < -0.4 is 5.32 Å². The molecule has 1 saturated heterocycles. The van der Waals surface area contributed by atoms with Gasteiger partial charge in [0.1, 0.15) is 0 Å². The Hall–Kier alpha value is 0.01000. The zero-order valence-corrected chi connectivity index (χ0v) is 13.5. The summed E-state index contributed by atoms with van der Waals surface area (Å²) in [7, 11) is 2.17. The molecule has 1 fully saturated rings. The Morgan fingerprint density at radius 3 is 2.63 bits per heavy atom. The van der Waals surface area contributed by atoms with Gasteiger partial charge in [-0.15, -0.1) is 0 Å². The maximum atomic E-state index is 6.20. The van der Waals surface area contributed by atoms with Crippen LogP contribution in [0.5, 0.6) is 0 Å². The van der Waals surface area contributed by atoms with Gasteiger partial charge in [0.05, 0.1) is 10.0 Å². The van der Waals surface area contributed by atoms with Crippen molar-refractivity contribution in [1.82, 2.24) is 10.2 Å². The first-order valence-electron chi connectivity index (χ1n) is 6.55. The van der Waals surface area contributed by atoms with Crippen molar-refractivity contribution in [1.29, 1.82) is 0 Å². The van der Waals surface area contributed by atoms with E-state index in [1.165, 1.54) is 0 Å². The number of piperidine rings is 1. The van der Waals surface area contributed by atoms with E-state index in [1.54, 1.807) is 12.1 Å². The molecule has 1 aromatic rings. The average Bonchev–Trinajstić information content (AvgIpc) is 2.38. The van der Waals surface area contributed by atoms with Crippen LogP contribution in [0, 0.1) is 0 Å². The summed E-state index contributed by atoms with van der Waals surface area (Å²) in [6.07, 6.45) is 2.29. The Kier molecular flexibility index (Phi) is 5.38. The highest BCUT2D eigenvalue weighted by molar-refractivity contribution is 6.44. The molecular weight excluding hydrogens is 303 g/mol. The highest BCUT2D eigenvalue weighted by Gasteiger charge is 2.22. The van der Waals surface area contributed by atoms with Crippen LogP contribution in [-0.2, 0) is 6.54 Å². The Bertz CT molecular complexity index is 451. The highest BCUT2D eigenvalue weighted by atomic mass is 35.5. The maximum Gasteiger partial charge on any atom is 0.0652 e. The number of nitrogens with one attached hydrogen (secondary N) is 1. The van der Waals surface area contributed by atoms with Crippen molar-refractivity contribution in [2.45, 2.75) is 38.4 Å². The normalized spacial score (nSPS) is 24.7. The van der Waals surface area contributed by atoms with Crippen LogP contribution >= 0.6 is 34.8 Å². The van der Waals surface area contributed by atoms with Crippen molar-refractivity contribution in [3.8, 4) is 0 Å². The van der Waals surface area contributed by atoms with Gasteiger partial charge in [-0.2, -0.15) is 0 Å². The molecule has 0 bridgehead atoms. The molecule has 2 atom stereocenters. The number of hydrogen-bond donors (Lipinski definition) is 1. The van der Waals surface area contributed by atoms with Gasteiger partial charge >= 0.3 is 0 Å². The molecule has 1 N–H and O–H groups in total. The molecule has 2 unspecified atom stereocenters. The second-order valence-electron chi connectivity index (χ2n) is 5.25. The molecule has 0 saturated carbocycles. The molecule has 0 amide bonds. The van der Waals surface area contributed by atoms with Gasteiger partial charge in [0.2, 0.25) is 0 Å². The minimum Gasteiger partial charge on any atom is -0.310 e. The van der Waals surface area contributed by atoms with E-state index < -0.39 is 0 Å². The highest BCUT2D eigenvalue weighted by Crippen LogP contribution is 2.31. The molecule has 106 valence electrons. The van der Waals surface area contributed by atoms with Gasteiger partial charge in [0.25, 0.3) is 0 Å². The summed E-state index contributed by atoms with van der Waals surface area (Å²) in [5.41, 5.74) is 0.891. The van der Waals surface area contributed by atoms with Gasteiger partial charge in [0.15, 0.2) is 0 Å². The molecule has 1 aliphatic heterocycles. The predicted molar refractivity (Wildman–Crippen MR) is 83.4 cm³/mol. The topological polar surface area (TPSA) is 15.3 Å². The molecule has 19 heavy (non-hydrogen) atoms. The lowest BCUT2D eigenvalue weighted by molar-refractivity contribution is 0.168. The summed E-state index contributed by atoms with van der Waals surface area (Å²) in [5, 5.41) is 5.33. The van der Waals surface area contributed by atoms with E-state index >= 15 is 0 Å². The van der Waals surface area contributed by atoms with Crippen molar-refractivity contribution in [3.63, 3.8) is 0 Å². The molecule has 0 spiro atoms. The predicted octanol–water partition coefficient (Wildman–Crippen LogP) is 4.22. The number of halogens is 3. The number of hydrogen-bond acceptors (Lipinski definition) is 2. The molecule has 0 aliphatic carbocycles. The van der Waals surface area contributed by atoms with Crippen molar-refractivity contribution in [2.24, 2.45) is 0 Å². The zero-order chi connectivity index (χ0) is 14.0. The summed E-state index contributed by atoms with van der Waals surface area (Å²) < 4.78 is 0. The molecule has 1 aliphatic rings. The van der Waals surface area contributed by atoms with E-state index in [9.17, 15) is 0 Å². The van der Waals surface area contributed by atoms with Gasteiger partial charge < -0.3 is 10.2 Å². The van der Waals surface area contributed by atoms with Crippen molar-refractivity contribution in [3.05, 3.63) is 32.8 Å². The number of nitrogens with zero attached hydrogens (tertiary/aromatic N) is 1. The second kappa shape index (κ2) is 6.64. The number of rotatable bonds is 3. The Morgan fingerprint density at radius 2 is 1.95 bits per heavy atom. The first kappa shape index (κ1) is 15.4. The second-order valence-corrected chi connectivity index (χ2v) is 6.45. The van der Waals surface area contributed by atoms with Gasteiger partial charge in [-0.3, -0.25) is 0 Å². The standard InChI is InChI=1S/C14H19Cl3N2/c1-9-7-10(5-6-19(9)2)18-8-11-12(15)3-4-13(16)14(11)17/h3-4,9-10,18H,5-8H2,1-2H3. The van der Waals surface area contributed by atoms with Crippen LogP contribution in [0.15, 0.2) is 12.1 Å². The molecule has 2 rings (SSSR count). The van der Waals surface area contributed by atoms with E-state index in [0.29, 0.717) is 33.7 Å². The third-order valence-electron chi connectivity index (χ3n) is 3.91. The first-order chi connectivity index (χ1) is 8.99. The van der Waals surface area contributed by atoms with Crippen molar-refractivity contribution in [2.75, 3.05) is 13.6 Å². The molecule has 1 aromatic carbocycles. The Labute approximate surface area is 130 Å². The lowest BCUT2D eigenvalue weighted by Gasteiger charge is -2.35. The Morgan fingerprint density at radius 1 is 1.26 bits per heavy atom. The molecule has 0 radical (unpaired) electrons. The summed E-state index contributed by atoms with van der Waals surface area (Å²) >= 11 is 18.4. The van der Waals surface area contributed by atoms with Gasteiger partial charge in [0, 0.05) is 29.2 Å². The molecule has 0 aromatic heterocycles. The lowest BCUT2D eigenvalue weighted by atomic mass is 9.99. The third kappa shape index (κ3) is 3.77. The summed E-state index contributed by atoms with van der Waals surface area (Å²) in [6.45, 7) is 4.04. The minimum absolute atomic E-state index is 0.511. The zero-order valence-electron chi connectivity index (χ0n) is 11.2. The fraction of sp³-hybridized carbons (Fsp3) is 0.571. The fourth-order valence-corrected chi connectivity index (χ4v) is 3.13. The maximum absolute atomic E-state index is 6.20. The SMILES string of the molecule is CC1CC(NCc2c(Cl)ccc(Cl)c2Cl)CCN1C. The van der Waals surface area contributed by atoms with E-state index in [4.69, 9.17) is 34.8 Å². The summed E-state index contributed by atoms with van der Waals surface area (Å²) in [6, 6.07) is 4.64. The van der Waals surface area contributed by atoms with E-state index in [2.05, 4.69) is 24.2 Å². The quantitative estimate of drug-likeness (QED) is 0.839. The van der Waals surface area contributed by atoms with Crippen LogP contribution in [-0.4, -0.2) is 30.6 Å². The van der Waals surface area contributed by atoms with Crippen molar-refractivity contribution >= 4 is 34.8 Å². The minimum atomic E-state index is 0.511. The fourth-order valence-electron chi connectivity index (χ4n) is 2.45. The lowest BCUT2D eigenvalue weighted by Crippen LogP contribution is -2.45. The molecule has 5 heteroatoms. The van der Waals surface area contributed by atoms with E-state index in [1.807, 2.05) is 0 Å². The van der Waals surface area contributed by atoms with Crippen LogP contribution in [0.2, 0.25) is 15.1 Å². The monoisotopic (exact) mass is 320 g/mol. The summed E-state index contributed by atoms with van der Waals surface area (Å²) in [4.78, 5) is 2.39. The van der Waals surface area contributed by atoms with E-state index in [0.717, 1.165) is 24.9 Å².